The van der Waals surface area contributed by atoms with Gasteiger partial charge in [0.05, 0.1) is 17.3 Å². The van der Waals surface area contributed by atoms with Crippen LogP contribution in [-0.2, 0) is 10.3 Å². The Hall–Kier alpha value is -2.22. The summed E-state index contributed by atoms with van der Waals surface area (Å²) in [7, 11) is 0. The third-order valence-corrected chi connectivity index (χ3v) is 8.29. The molecule has 160 valence electrons. The number of amides is 2. The van der Waals surface area contributed by atoms with Gasteiger partial charge in [0.25, 0.3) is 0 Å². The topological polar surface area (TPSA) is 86.9 Å². The van der Waals surface area contributed by atoms with Crippen molar-refractivity contribution >= 4 is 29.3 Å². The van der Waals surface area contributed by atoms with Crippen molar-refractivity contribution in [1.29, 1.82) is 0 Å². The lowest BCUT2D eigenvalue weighted by Crippen LogP contribution is -2.44. The van der Waals surface area contributed by atoms with E-state index in [4.69, 9.17) is 10.1 Å². The number of hydrogen-bond donors (Lipinski definition) is 2. The first-order valence-electron chi connectivity index (χ1n) is 10.8. The van der Waals surface area contributed by atoms with Crippen LogP contribution in [0.15, 0.2) is 29.4 Å². The van der Waals surface area contributed by atoms with Crippen molar-refractivity contribution in [1.82, 2.24) is 19.6 Å². The Morgan fingerprint density at radius 2 is 1.93 bits per heavy atom. The molecule has 1 unspecified atom stereocenters. The molecule has 1 aliphatic heterocycles. The molecule has 8 heteroatoms. The van der Waals surface area contributed by atoms with Crippen molar-refractivity contribution in [2.45, 2.75) is 55.2 Å². The number of aromatic nitrogens is 2. The number of nitrogens with one attached hydrogen (secondary N) is 1. The summed E-state index contributed by atoms with van der Waals surface area (Å²) >= 11 is 1.95. The first-order valence-corrected chi connectivity index (χ1v) is 11.7. The monoisotopic (exact) mass is 428 g/mol. The minimum Gasteiger partial charge on any atom is -0.465 e. The highest BCUT2D eigenvalue weighted by molar-refractivity contribution is 8.00. The predicted octanol–water partition coefficient (Wildman–Crippen LogP) is 3.58. The van der Waals surface area contributed by atoms with Crippen molar-refractivity contribution in [2.75, 3.05) is 13.1 Å². The Morgan fingerprint density at radius 1 is 1.23 bits per heavy atom. The second kappa shape index (κ2) is 7.18. The van der Waals surface area contributed by atoms with Gasteiger partial charge in [0, 0.05) is 35.3 Å². The minimum absolute atomic E-state index is 0.00766. The van der Waals surface area contributed by atoms with E-state index in [2.05, 4.69) is 21.9 Å². The van der Waals surface area contributed by atoms with Gasteiger partial charge in [-0.3, -0.25) is 4.79 Å². The van der Waals surface area contributed by atoms with Gasteiger partial charge in [-0.05, 0) is 50.7 Å². The fraction of sp³-hybridized carbons (Fsp3) is 0.591. The van der Waals surface area contributed by atoms with Crippen LogP contribution < -0.4 is 5.32 Å². The van der Waals surface area contributed by atoms with Crippen LogP contribution in [0.3, 0.4) is 0 Å². The number of pyridine rings is 1. The van der Waals surface area contributed by atoms with E-state index in [9.17, 15) is 9.59 Å². The maximum atomic E-state index is 12.9. The van der Waals surface area contributed by atoms with E-state index in [0.717, 1.165) is 11.3 Å². The van der Waals surface area contributed by atoms with Gasteiger partial charge in [-0.1, -0.05) is 12.8 Å². The van der Waals surface area contributed by atoms with E-state index in [1.54, 1.807) is 0 Å². The average molecular weight is 429 g/mol. The molecular weight excluding hydrogens is 400 g/mol. The second-order valence-corrected chi connectivity index (χ2v) is 10.7. The summed E-state index contributed by atoms with van der Waals surface area (Å²) in [6, 6.07) is 4.22. The van der Waals surface area contributed by atoms with Crippen molar-refractivity contribution in [3.05, 3.63) is 30.4 Å². The number of piperidine rings is 1. The van der Waals surface area contributed by atoms with Crippen LogP contribution in [0.1, 0.15) is 45.4 Å². The SMILES string of the molecule is CC(C)(NC(=O)C1[C@H]2CN(C(=O)O)C[C@@H]12)c1ncc2c(SC3CCCC3)cccn12. The van der Waals surface area contributed by atoms with Gasteiger partial charge in [0.2, 0.25) is 5.91 Å². The number of fused-ring (bicyclic) bond motifs is 2. The maximum absolute atomic E-state index is 12.9. The molecule has 5 rings (SSSR count). The minimum atomic E-state index is -0.892. The molecule has 2 aromatic heterocycles. The third-order valence-electron chi connectivity index (χ3n) is 6.89. The Balaban J connectivity index is 1.31. The highest BCUT2D eigenvalue weighted by atomic mass is 32.2. The second-order valence-electron chi connectivity index (χ2n) is 9.39. The molecule has 7 nitrogen and oxygen atoms in total. The van der Waals surface area contributed by atoms with Crippen LogP contribution >= 0.6 is 11.8 Å². The van der Waals surface area contributed by atoms with Crippen LogP contribution in [0, 0.1) is 17.8 Å². The average Bonchev–Trinajstić information content (AvgIpc) is 3.18. The van der Waals surface area contributed by atoms with Crippen molar-refractivity contribution < 1.29 is 14.7 Å². The zero-order valence-electron chi connectivity index (χ0n) is 17.4. The highest BCUT2D eigenvalue weighted by Crippen LogP contribution is 2.52. The summed E-state index contributed by atoms with van der Waals surface area (Å²) < 4.78 is 2.09. The number of thioether (sulfide) groups is 1. The lowest BCUT2D eigenvalue weighted by molar-refractivity contribution is -0.125. The van der Waals surface area contributed by atoms with Gasteiger partial charge in [0.15, 0.2) is 0 Å². The van der Waals surface area contributed by atoms with Crippen LogP contribution in [0.4, 0.5) is 4.79 Å². The fourth-order valence-electron chi connectivity index (χ4n) is 5.26. The molecule has 1 saturated heterocycles. The van der Waals surface area contributed by atoms with Gasteiger partial charge in [-0.25, -0.2) is 9.78 Å². The molecule has 0 radical (unpaired) electrons. The van der Waals surface area contributed by atoms with E-state index in [1.165, 1.54) is 35.5 Å². The Bertz CT molecular complexity index is 985. The zero-order chi connectivity index (χ0) is 21.0. The molecule has 3 atom stereocenters. The molecule has 0 spiro atoms. The number of carbonyl (C=O) groups is 2. The van der Waals surface area contributed by atoms with E-state index < -0.39 is 11.6 Å². The van der Waals surface area contributed by atoms with Gasteiger partial charge in [-0.2, -0.15) is 0 Å². The van der Waals surface area contributed by atoms with E-state index in [0.29, 0.717) is 18.3 Å². The van der Waals surface area contributed by atoms with Gasteiger partial charge in [-0.15, -0.1) is 11.8 Å². The Kier molecular flexibility index (Phi) is 4.72. The highest BCUT2D eigenvalue weighted by Gasteiger charge is 2.60. The predicted molar refractivity (Wildman–Crippen MR) is 115 cm³/mol. The smallest absolute Gasteiger partial charge is 0.407 e. The van der Waals surface area contributed by atoms with Crippen molar-refractivity contribution in [3.63, 3.8) is 0 Å². The van der Waals surface area contributed by atoms with E-state index in [1.807, 2.05) is 38.0 Å². The number of rotatable bonds is 5. The summed E-state index contributed by atoms with van der Waals surface area (Å²) in [6.45, 7) is 4.90. The van der Waals surface area contributed by atoms with Gasteiger partial charge >= 0.3 is 6.09 Å². The van der Waals surface area contributed by atoms with Gasteiger partial charge < -0.3 is 19.7 Å². The molecule has 30 heavy (non-hydrogen) atoms. The standard InChI is InChI=1S/C22H28N4O3S/c1-22(2,24-19(27)18-14-11-25(21(28)29)12-15(14)18)20-23-10-16-17(8-5-9-26(16)20)30-13-6-3-4-7-13/h5,8-10,13-15,18H,3-4,6-7,11-12H2,1-2H3,(H,24,27)(H,28,29)/t14-,15+,18?. The number of carboxylic acid groups (broad SMARTS) is 1. The van der Waals surface area contributed by atoms with Crippen LogP contribution in [0.2, 0.25) is 0 Å². The van der Waals surface area contributed by atoms with E-state index in [-0.39, 0.29) is 23.7 Å². The van der Waals surface area contributed by atoms with Crippen LogP contribution in [-0.4, -0.2) is 49.7 Å². The molecule has 0 bridgehead atoms. The molecule has 2 amide bonds. The van der Waals surface area contributed by atoms with Crippen LogP contribution in [0.25, 0.3) is 5.52 Å². The Morgan fingerprint density at radius 3 is 2.60 bits per heavy atom. The summed E-state index contributed by atoms with van der Waals surface area (Å²) in [5.41, 5.74) is 0.468. The first-order chi connectivity index (χ1) is 14.3. The Labute approximate surface area is 180 Å². The normalized spacial score (nSPS) is 26.2. The number of carbonyl (C=O) groups excluding carboxylic acids is 1. The quantitative estimate of drug-likeness (QED) is 0.760. The first kappa shape index (κ1) is 19.7. The molecule has 2 aromatic rings. The molecule has 3 heterocycles. The molecular formula is C22H28N4O3S. The van der Waals surface area contributed by atoms with Crippen molar-refractivity contribution in [3.8, 4) is 0 Å². The fourth-order valence-corrected chi connectivity index (χ4v) is 6.62. The van der Waals surface area contributed by atoms with Crippen molar-refractivity contribution in [2.24, 2.45) is 17.8 Å². The number of likely N-dealkylation sites (tertiary alicyclic amines) is 1. The third kappa shape index (κ3) is 3.35. The summed E-state index contributed by atoms with van der Waals surface area (Å²) in [6.07, 6.45) is 8.22. The summed E-state index contributed by atoms with van der Waals surface area (Å²) in [4.78, 5) is 31.4. The van der Waals surface area contributed by atoms with E-state index >= 15 is 0 Å². The molecule has 3 fully saturated rings. The molecule has 3 aliphatic rings. The lowest BCUT2D eigenvalue weighted by Gasteiger charge is -2.26. The largest absolute Gasteiger partial charge is 0.465 e. The van der Waals surface area contributed by atoms with Crippen LogP contribution in [0.5, 0.6) is 0 Å². The number of nitrogens with zero attached hydrogens (tertiary/aromatic N) is 3. The molecule has 2 aliphatic carbocycles. The maximum Gasteiger partial charge on any atom is 0.407 e. The number of hydrogen-bond acceptors (Lipinski definition) is 4. The molecule has 2 saturated carbocycles. The molecule has 0 aromatic carbocycles. The zero-order valence-corrected chi connectivity index (χ0v) is 18.2. The van der Waals surface area contributed by atoms with Gasteiger partial charge in [0.1, 0.15) is 5.82 Å². The summed E-state index contributed by atoms with van der Waals surface area (Å²) in [5, 5.41) is 13.0. The summed E-state index contributed by atoms with van der Waals surface area (Å²) in [5.74, 6) is 1.05. The lowest BCUT2D eigenvalue weighted by atomic mass is 10.0. The molecule has 2 N–H and O–H groups in total. The number of imidazole rings is 1.